The van der Waals surface area contributed by atoms with E-state index in [2.05, 4.69) is 23.3 Å². The maximum atomic E-state index is 6.15. The molecule has 100 valence electrons. The highest BCUT2D eigenvalue weighted by Crippen LogP contribution is 2.38. The lowest BCUT2D eigenvalue weighted by Crippen LogP contribution is -2.33. The molecular formula is C15H15Cl2NS. The van der Waals surface area contributed by atoms with Crippen LogP contribution < -0.4 is 4.90 Å². The van der Waals surface area contributed by atoms with Crippen LogP contribution in [0.3, 0.4) is 0 Å². The van der Waals surface area contributed by atoms with E-state index in [0.717, 1.165) is 23.6 Å². The fraction of sp³-hybridized carbons (Fsp3) is 0.333. The zero-order chi connectivity index (χ0) is 13.4. The summed E-state index contributed by atoms with van der Waals surface area (Å²) in [5.74, 6) is 0.520. The number of alkyl halides is 1. The Balaban J connectivity index is 2.02. The predicted molar refractivity (Wildman–Crippen MR) is 84.8 cm³/mol. The summed E-state index contributed by atoms with van der Waals surface area (Å²) in [5, 5.41) is 2.96. The number of benzene rings is 1. The van der Waals surface area contributed by atoms with Crippen LogP contribution in [-0.4, -0.2) is 6.54 Å². The summed E-state index contributed by atoms with van der Waals surface area (Å²) in [6.07, 6.45) is 1.10. The van der Waals surface area contributed by atoms with E-state index in [4.69, 9.17) is 23.2 Å². The summed E-state index contributed by atoms with van der Waals surface area (Å²) in [6.45, 7) is 3.28. The second-order valence-electron chi connectivity index (χ2n) is 4.83. The van der Waals surface area contributed by atoms with Crippen molar-refractivity contribution in [3.8, 4) is 0 Å². The molecule has 0 radical (unpaired) electrons. The molecule has 1 unspecified atom stereocenters. The average molecular weight is 312 g/mol. The summed E-state index contributed by atoms with van der Waals surface area (Å²) in [4.78, 5) is 3.93. The van der Waals surface area contributed by atoms with Crippen LogP contribution in [0.5, 0.6) is 0 Å². The molecule has 19 heavy (non-hydrogen) atoms. The molecule has 0 fully saturated rings. The molecule has 0 amide bonds. The normalized spacial score (nSPS) is 18.5. The number of hydrogen-bond donors (Lipinski definition) is 0. The van der Waals surface area contributed by atoms with Crippen molar-refractivity contribution >= 4 is 40.2 Å². The standard InChI is InChI=1S/C15H15Cl2NS/c1-10-13-5-7-19-15(13)4-6-18(10)14-8-12(17)3-2-11(14)9-16/h2-3,5,7-8,10H,4,6,9H2,1H3. The molecule has 1 aliphatic rings. The van der Waals surface area contributed by atoms with Gasteiger partial charge in [-0.2, -0.15) is 0 Å². The van der Waals surface area contributed by atoms with Gasteiger partial charge >= 0.3 is 0 Å². The molecular weight excluding hydrogens is 297 g/mol. The van der Waals surface area contributed by atoms with Gasteiger partial charge in [0.05, 0.1) is 6.04 Å². The molecule has 0 saturated carbocycles. The molecule has 0 N–H and O–H groups in total. The minimum atomic E-state index is 0.385. The summed E-state index contributed by atoms with van der Waals surface area (Å²) >= 11 is 14.1. The minimum Gasteiger partial charge on any atom is -0.364 e. The number of rotatable bonds is 2. The highest BCUT2D eigenvalue weighted by molar-refractivity contribution is 7.10. The largest absolute Gasteiger partial charge is 0.364 e. The van der Waals surface area contributed by atoms with Crippen molar-refractivity contribution in [2.24, 2.45) is 0 Å². The number of anilines is 1. The quantitative estimate of drug-likeness (QED) is 0.683. The number of halogens is 2. The molecule has 0 bridgehead atoms. The third-order valence-corrected chi connectivity index (χ3v) is 5.30. The van der Waals surface area contributed by atoms with Gasteiger partial charge in [-0.05, 0) is 48.1 Å². The first-order chi connectivity index (χ1) is 9.20. The van der Waals surface area contributed by atoms with Crippen LogP contribution in [0.2, 0.25) is 5.02 Å². The SMILES string of the molecule is CC1c2ccsc2CCN1c1cc(Cl)ccc1CCl. The number of nitrogens with zero attached hydrogens (tertiary/aromatic N) is 1. The highest BCUT2D eigenvalue weighted by Gasteiger charge is 2.26. The van der Waals surface area contributed by atoms with Crippen molar-refractivity contribution in [2.75, 3.05) is 11.4 Å². The topological polar surface area (TPSA) is 3.24 Å². The van der Waals surface area contributed by atoms with E-state index < -0.39 is 0 Å². The first-order valence-corrected chi connectivity index (χ1v) is 8.17. The van der Waals surface area contributed by atoms with Crippen molar-refractivity contribution in [2.45, 2.75) is 25.3 Å². The van der Waals surface area contributed by atoms with Gasteiger partial charge in [-0.1, -0.05) is 17.7 Å². The molecule has 1 aliphatic heterocycles. The van der Waals surface area contributed by atoms with E-state index >= 15 is 0 Å². The molecule has 3 rings (SSSR count). The van der Waals surface area contributed by atoms with Crippen LogP contribution in [0.25, 0.3) is 0 Å². The molecule has 1 aromatic heterocycles. The maximum Gasteiger partial charge on any atom is 0.0525 e. The monoisotopic (exact) mass is 311 g/mol. The van der Waals surface area contributed by atoms with E-state index in [9.17, 15) is 0 Å². The van der Waals surface area contributed by atoms with E-state index in [-0.39, 0.29) is 0 Å². The fourth-order valence-corrected chi connectivity index (χ4v) is 4.11. The van der Waals surface area contributed by atoms with E-state index in [0.29, 0.717) is 11.9 Å². The van der Waals surface area contributed by atoms with Gasteiger partial charge in [0.1, 0.15) is 0 Å². The van der Waals surface area contributed by atoms with Crippen molar-refractivity contribution in [1.82, 2.24) is 0 Å². The van der Waals surface area contributed by atoms with Crippen LogP contribution in [0.1, 0.15) is 29.0 Å². The molecule has 0 saturated heterocycles. The van der Waals surface area contributed by atoms with E-state index in [1.165, 1.54) is 16.1 Å². The Labute approximate surface area is 127 Å². The summed E-state index contributed by atoms with van der Waals surface area (Å²) < 4.78 is 0. The molecule has 0 aliphatic carbocycles. The third kappa shape index (κ3) is 2.37. The number of thiophene rings is 1. The maximum absolute atomic E-state index is 6.15. The molecule has 1 nitrogen and oxygen atoms in total. The first-order valence-electron chi connectivity index (χ1n) is 6.38. The summed E-state index contributed by atoms with van der Waals surface area (Å²) in [7, 11) is 0. The van der Waals surface area contributed by atoms with Crippen LogP contribution in [-0.2, 0) is 12.3 Å². The highest BCUT2D eigenvalue weighted by atomic mass is 35.5. The van der Waals surface area contributed by atoms with E-state index in [1.807, 2.05) is 29.5 Å². The van der Waals surface area contributed by atoms with Gasteiger partial charge in [0.15, 0.2) is 0 Å². The van der Waals surface area contributed by atoms with Crippen LogP contribution in [0, 0.1) is 0 Å². The lowest BCUT2D eigenvalue weighted by Gasteiger charge is -2.36. The Bertz CT molecular complexity index is 594. The Kier molecular flexibility index (Phi) is 3.75. The number of fused-ring (bicyclic) bond motifs is 1. The zero-order valence-electron chi connectivity index (χ0n) is 10.7. The molecule has 1 aromatic carbocycles. The fourth-order valence-electron chi connectivity index (χ4n) is 2.76. The van der Waals surface area contributed by atoms with Gasteiger partial charge in [-0.15, -0.1) is 22.9 Å². The van der Waals surface area contributed by atoms with Gasteiger partial charge in [0.2, 0.25) is 0 Å². The lowest BCUT2D eigenvalue weighted by atomic mass is 9.99. The van der Waals surface area contributed by atoms with Gasteiger partial charge < -0.3 is 4.90 Å². The average Bonchev–Trinajstić information content (AvgIpc) is 2.88. The number of hydrogen-bond acceptors (Lipinski definition) is 2. The van der Waals surface area contributed by atoms with Gasteiger partial charge in [-0.3, -0.25) is 0 Å². The van der Waals surface area contributed by atoms with Crippen LogP contribution in [0.15, 0.2) is 29.6 Å². The second-order valence-corrected chi connectivity index (χ2v) is 6.53. The van der Waals surface area contributed by atoms with Crippen molar-refractivity contribution in [1.29, 1.82) is 0 Å². The molecule has 2 aromatic rings. The smallest absolute Gasteiger partial charge is 0.0525 e. The van der Waals surface area contributed by atoms with Crippen LogP contribution in [0.4, 0.5) is 5.69 Å². The Morgan fingerprint density at radius 1 is 1.37 bits per heavy atom. The molecule has 2 heterocycles. The van der Waals surface area contributed by atoms with Crippen molar-refractivity contribution in [3.63, 3.8) is 0 Å². The Hall–Kier alpha value is -0.700. The first kappa shape index (κ1) is 13.3. The van der Waals surface area contributed by atoms with Crippen LogP contribution >= 0.6 is 34.5 Å². The van der Waals surface area contributed by atoms with Gasteiger partial charge in [0.25, 0.3) is 0 Å². The second kappa shape index (κ2) is 5.35. The summed E-state index contributed by atoms with van der Waals surface area (Å²) in [5.41, 5.74) is 3.76. The van der Waals surface area contributed by atoms with Crippen molar-refractivity contribution < 1.29 is 0 Å². The predicted octanol–water partition coefficient (Wildman–Crippen LogP) is 5.26. The minimum absolute atomic E-state index is 0.385. The van der Waals surface area contributed by atoms with Crippen molar-refractivity contribution in [3.05, 3.63) is 50.7 Å². The van der Waals surface area contributed by atoms with Gasteiger partial charge in [0, 0.05) is 28.0 Å². The van der Waals surface area contributed by atoms with Gasteiger partial charge in [-0.25, -0.2) is 0 Å². The molecule has 1 atom stereocenters. The Morgan fingerprint density at radius 2 is 2.21 bits per heavy atom. The molecule has 0 spiro atoms. The lowest BCUT2D eigenvalue weighted by molar-refractivity contribution is 0.631. The Morgan fingerprint density at radius 3 is 3.00 bits per heavy atom. The van der Waals surface area contributed by atoms with E-state index in [1.54, 1.807) is 0 Å². The summed E-state index contributed by atoms with van der Waals surface area (Å²) in [6, 6.07) is 8.60. The third-order valence-electron chi connectivity index (χ3n) is 3.78. The zero-order valence-corrected chi connectivity index (χ0v) is 13.0. The molecule has 4 heteroatoms.